The van der Waals surface area contributed by atoms with E-state index in [4.69, 9.17) is 5.21 Å². The maximum Gasteiger partial charge on any atom is 0.326 e. The van der Waals surface area contributed by atoms with Crippen LogP contribution < -0.4 is 5.90 Å². The smallest absolute Gasteiger partial charge is 0.326 e. The van der Waals surface area contributed by atoms with Crippen LogP contribution >= 0.6 is 0 Å². The van der Waals surface area contributed by atoms with E-state index in [-0.39, 0.29) is 17.7 Å². The average Bonchev–Trinajstić information content (AvgIpc) is 2.94. The summed E-state index contributed by atoms with van der Waals surface area (Å²) in [7, 11) is 0. The molecule has 1 amide bonds. The van der Waals surface area contributed by atoms with Crippen LogP contribution in [0.3, 0.4) is 0 Å². The first-order valence-electron chi connectivity index (χ1n) is 9.70. The summed E-state index contributed by atoms with van der Waals surface area (Å²) in [5.74, 6) is 1.83. The van der Waals surface area contributed by atoms with Gasteiger partial charge in [0.05, 0.1) is 6.04 Å². The molecule has 0 radical (unpaired) electrons. The van der Waals surface area contributed by atoms with E-state index >= 15 is 0 Å². The highest BCUT2D eigenvalue weighted by atomic mass is 16.4. The van der Waals surface area contributed by atoms with E-state index in [9.17, 15) is 19.8 Å². The fourth-order valence-corrected chi connectivity index (χ4v) is 3.78. The quantitative estimate of drug-likeness (QED) is 0.476. The summed E-state index contributed by atoms with van der Waals surface area (Å²) >= 11 is 0. The largest absolute Gasteiger partial charge is 0.503 e. The molecule has 28 heavy (non-hydrogen) atoms. The Hall–Kier alpha value is -2.38. The third-order valence-electron chi connectivity index (χ3n) is 5.26. The fraction of sp³-hybridized carbons (Fsp3) is 0.524. The van der Waals surface area contributed by atoms with Gasteiger partial charge in [-0.05, 0) is 36.3 Å². The zero-order valence-corrected chi connectivity index (χ0v) is 16.8. The number of hydrogen-bond donors (Lipinski definition) is 4. The third-order valence-corrected chi connectivity index (χ3v) is 5.26. The highest BCUT2D eigenvalue weighted by Gasteiger charge is 2.44. The molecule has 7 heteroatoms. The molecule has 156 valence electrons. The minimum Gasteiger partial charge on any atom is -0.503 e. The minimum absolute atomic E-state index is 0.143. The summed E-state index contributed by atoms with van der Waals surface area (Å²) in [6.07, 6.45) is 3.11. The Morgan fingerprint density at radius 2 is 1.82 bits per heavy atom. The summed E-state index contributed by atoms with van der Waals surface area (Å²) in [6, 6.07) is 8.69. The number of nitrogens with zero attached hydrogens (tertiary/aromatic N) is 1. The van der Waals surface area contributed by atoms with Crippen LogP contribution in [0.25, 0.3) is 0 Å². The number of benzene rings is 1. The molecule has 3 unspecified atom stereocenters. The van der Waals surface area contributed by atoms with E-state index in [1.165, 1.54) is 4.90 Å². The topological polar surface area (TPSA) is 124 Å². The fourth-order valence-electron chi connectivity index (χ4n) is 3.78. The van der Waals surface area contributed by atoms with Gasteiger partial charge in [0.1, 0.15) is 6.04 Å². The predicted molar refractivity (Wildman–Crippen MR) is 107 cm³/mol. The van der Waals surface area contributed by atoms with Gasteiger partial charge >= 0.3 is 5.97 Å². The molecule has 0 aromatic heterocycles. The number of aliphatic hydroxyl groups excluding tert-OH is 1. The van der Waals surface area contributed by atoms with E-state index in [0.717, 1.165) is 18.4 Å². The second kappa shape index (κ2) is 11.5. The first-order valence-corrected chi connectivity index (χ1v) is 9.70. The number of carbonyl (C=O) groups excluding carboxylic acids is 1. The van der Waals surface area contributed by atoms with Gasteiger partial charge in [-0.15, -0.1) is 0 Å². The monoisotopic (exact) mass is 392 g/mol. The van der Waals surface area contributed by atoms with Gasteiger partial charge in [-0.2, -0.15) is 0 Å². The zero-order valence-electron chi connectivity index (χ0n) is 16.8. The predicted octanol–water partition coefficient (Wildman–Crippen LogP) is 3.59. The molecule has 0 aliphatic carbocycles. The van der Waals surface area contributed by atoms with Crippen LogP contribution in [0.1, 0.15) is 64.4 Å². The Morgan fingerprint density at radius 1 is 1.21 bits per heavy atom. The van der Waals surface area contributed by atoms with Crippen molar-refractivity contribution in [2.45, 2.75) is 70.9 Å². The van der Waals surface area contributed by atoms with Gasteiger partial charge in [0.25, 0.3) is 5.91 Å². The van der Waals surface area contributed by atoms with Crippen LogP contribution in [0.4, 0.5) is 0 Å². The van der Waals surface area contributed by atoms with Gasteiger partial charge in [0.2, 0.25) is 0 Å². The SMILES string of the molecule is CCCCC(C(=O)O)N1C(=O)C(O)=C(CC)C1CC(C)c1ccccc1.NO. The van der Waals surface area contributed by atoms with Gasteiger partial charge in [-0.25, -0.2) is 10.7 Å². The van der Waals surface area contributed by atoms with Crippen molar-refractivity contribution >= 4 is 11.9 Å². The van der Waals surface area contributed by atoms with Gasteiger partial charge in [-0.1, -0.05) is 63.9 Å². The van der Waals surface area contributed by atoms with Crippen LogP contribution in [-0.4, -0.2) is 44.3 Å². The Labute approximate surface area is 166 Å². The Bertz CT molecular complexity index is 675. The van der Waals surface area contributed by atoms with E-state index < -0.39 is 17.9 Å². The number of aliphatic hydroxyl groups is 1. The molecule has 2 rings (SSSR count). The van der Waals surface area contributed by atoms with E-state index in [2.05, 4.69) is 12.8 Å². The number of hydrogen-bond acceptors (Lipinski definition) is 5. The molecule has 1 aliphatic rings. The first kappa shape index (κ1) is 23.7. The Kier molecular flexibility index (Phi) is 9.68. The van der Waals surface area contributed by atoms with E-state index in [1.807, 2.05) is 44.2 Å². The molecule has 0 saturated heterocycles. The number of carbonyl (C=O) groups is 2. The number of aliphatic carboxylic acids is 1. The van der Waals surface area contributed by atoms with E-state index in [1.54, 1.807) is 0 Å². The van der Waals surface area contributed by atoms with Crippen molar-refractivity contribution < 1.29 is 25.0 Å². The molecule has 7 nitrogen and oxygen atoms in total. The number of amides is 1. The highest BCUT2D eigenvalue weighted by molar-refractivity contribution is 5.98. The van der Waals surface area contributed by atoms with Gasteiger partial charge in [0.15, 0.2) is 5.76 Å². The Balaban J connectivity index is 0.00000190. The lowest BCUT2D eigenvalue weighted by atomic mass is 9.89. The molecule has 5 N–H and O–H groups in total. The third kappa shape index (κ3) is 5.33. The van der Waals surface area contributed by atoms with E-state index in [0.29, 0.717) is 24.8 Å². The summed E-state index contributed by atoms with van der Waals surface area (Å²) in [5.41, 5.74) is 1.79. The molecular formula is C21H32N2O5. The second-order valence-electron chi connectivity index (χ2n) is 7.00. The van der Waals surface area contributed by atoms with Crippen molar-refractivity contribution in [1.82, 2.24) is 4.90 Å². The molecule has 0 saturated carbocycles. The number of rotatable bonds is 9. The van der Waals surface area contributed by atoms with Gasteiger partial charge < -0.3 is 20.3 Å². The van der Waals surface area contributed by atoms with Crippen molar-refractivity contribution in [3.8, 4) is 0 Å². The Morgan fingerprint density at radius 3 is 2.32 bits per heavy atom. The normalized spacial score (nSPS) is 18.5. The van der Waals surface area contributed by atoms with Crippen LogP contribution in [-0.2, 0) is 9.59 Å². The van der Waals surface area contributed by atoms with Crippen LogP contribution in [0.5, 0.6) is 0 Å². The summed E-state index contributed by atoms with van der Waals surface area (Å²) in [4.78, 5) is 25.9. The van der Waals surface area contributed by atoms with Crippen LogP contribution in [0.15, 0.2) is 41.7 Å². The van der Waals surface area contributed by atoms with Crippen molar-refractivity contribution in [2.24, 2.45) is 5.90 Å². The first-order chi connectivity index (χ1) is 13.4. The summed E-state index contributed by atoms with van der Waals surface area (Å²) in [5, 5.41) is 26.5. The number of carboxylic acid groups (broad SMARTS) is 1. The van der Waals surface area contributed by atoms with Crippen molar-refractivity contribution in [1.29, 1.82) is 0 Å². The molecule has 0 bridgehead atoms. The maximum absolute atomic E-state index is 12.7. The van der Waals surface area contributed by atoms with Crippen molar-refractivity contribution in [2.75, 3.05) is 0 Å². The molecule has 1 aliphatic heterocycles. The summed E-state index contributed by atoms with van der Waals surface area (Å²) < 4.78 is 0. The standard InChI is InChI=1S/C21H29NO4.H3NO/c1-4-6-12-17(21(25)26)22-18(16(5-2)19(23)20(22)24)13-14(3)15-10-8-7-9-11-15;1-2/h7-11,14,17-18,23H,4-6,12-13H2,1-3H3,(H,25,26);2H,1H2. The molecule has 1 aromatic carbocycles. The molecule has 0 fully saturated rings. The summed E-state index contributed by atoms with van der Waals surface area (Å²) in [6.45, 7) is 5.96. The second-order valence-corrected chi connectivity index (χ2v) is 7.00. The minimum atomic E-state index is -1.01. The molecule has 0 spiro atoms. The lowest BCUT2D eigenvalue weighted by molar-refractivity contribution is -0.150. The number of carboxylic acids is 1. The highest BCUT2D eigenvalue weighted by Crippen LogP contribution is 2.36. The molecule has 1 aromatic rings. The molecular weight excluding hydrogens is 360 g/mol. The van der Waals surface area contributed by atoms with Gasteiger partial charge in [0, 0.05) is 0 Å². The van der Waals surface area contributed by atoms with Crippen LogP contribution in [0.2, 0.25) is 0 Å². The molecule has 1 heterocycles. The van der Waals surface area contributed by atoms with Gasteiger partial charge in [-0.3, -0.25) is 4.79 Å². The zero-order chi connectivity index (χ0) is 21.3. The lowest BCUT2D eigenvalue weighted by Gasteiger charge is -2.33. The van der Waals surface area contributed by atoms with Crippen LogP contribution in [0, 0.1) is 0 Å². The average molecular weight is 392 g/mol. The maximum atomic E-state index is 12.7. The molecule has 3 atom stereocenters. The number of unbranched alkanes of at least 4 members (excludes halogenated alkanes) is 1. The van der Waals surface area contributed by atoms with Crippen molar-refractivity contribution in [3.63, 3.8) is 0 Å². The number of nitrogens with two attached hydrogens (primary N) is 1. The van der Waals surface area contributed by atoms with Crippen molar-refractivity contribution in [3.05, 3.63) is 47.2 Å². The lowest BCUT2D eigenvalue weighted by Crippen LogP contribution is -2.48.